The van der Waals surface area contributed by atoms with Crippen LogP contribution in [-0.2, 0) is 20.8 Å². The van der Waals surface area contributed by atoms with E-state index in [-0.39, 0.29) is 33.4 Å². The zero-order chi connectivity index (χ0) is 20.2. The quantitative estimate of drug-likeness (QED) is 0.731. The van der Waals surface area contributed by atoms with E-state index in [1.807, 2.05) is 6.92 Å². The Morgan fingerprint density at radius 1 is 1.30 bits per heavy atom. The number of amides is 1. The maximum atomic E-state index is 12.8. The molecule has 1 saturated carbocycles. The molecule has 1 N–H and O–H groups in total. The van der Waals surface area contributed by atoms with Gasteiger partial charge in [-0.1, -0.05) is 19.8 Å². The molecule has 1 aromatic carbocycles. The monoisotopic (exact) mass is 416 g/mol. The fourth-order valence-electron chi connectivity index (χ4n) is 3.26. The molecule has 0 bridgehead atoms. The number of sulfonamides is 1. The van der Waals surface area contributed by atoms with Crippen LogP contribution in [0.3, 0.4) is 0 Å². The molecular weight excluding hydrogens is 388 g/mol. The van der Waals surface area contributed by atoms with Crippen LogP contribution in [0.5, 0.6) is 5.75 Å². The van der Waals surface area contributed by atoms with E-state index in [9.17, 15) is 17.4 Å². The fraction of sp³-hybridized carbons (Fsp3) is 0.611. The zero-order valence-corrected chi connectivity index (χ0v) is 17.9. The molecule has 0 saturated heterocycles. The number of carbonyl (C=O) groups excluding carboxylic acids is 1. The van der Waals surface area contributed by atoms with E-state index in [1.54, 1.807) is 0 Å². The van der Waals surface area contributed by atoms with Crippen molar-refractivity contribution in [2.75, 3.05) is 27.0 Å². The second kappa shape index (κ2) is 9.16. The molecule has 0 radical (unpaired) electrons. The highest BCUT2D eigenvalue weighted by molar-refractivity contribution is 7.89. The fourth-order valence-corrected chi connectivity index (χ4v) is 5.76. The van der Waals surface area contributed by atoms with Crippen molar-refractivity contribution in [3.63, 3.8) is 0 Å². The minimum atomic E-state index is -3.76. The lowest BCUT2D eigenvalue weighted by Crippen LogP contribution is -2.47. The molecular formula is C18H28N2O5S2. The summed E-state index contributed by atoms with van der Waals surface area (Å²) in [4.78, 5) is 12.7. The highest BCUT2D eigenvalue weighted by atomic mass is 32.2. The first-order valence-electron chi connectivity index (χ1n) is 9.01. The summed E-state index contributed by atoms with van der Waals surface area (Å²) in [5.74, 6) is 0.380. The lowest BCUT2D eigenvalue weighted by molar-refractivity contribution is 0.0928. The van der Waals surface area contributed by atoms with Crippen molar-refractivity contribution in [3.8, 4) is 5.75 Å². The Balaban J connectivity index is 2.30. The lowest BCUT2D eigenvalue weighted by atomic mass is 9.94. The number of ether oxygens (including phenoxy) is 1. The summed E-state index contributed by atoms with van der Waals surface area (Å²) in [5.41, 5.74) is 0.239. The maximum Gasteiger partial charge on any atom is 0.251 e. The molecule has 1 aliphatic rings. The van der Waals surface area contributed by atoms with E-state index >= 15 is 0 Å². The highest BCUT2D eigenvalue weighted by Gasteiger charge is 2.31. The van der Waals surface area contributed by atoms with Crippen LogP contribution in [-0.4, -0.2) is 61.1 Å². The van der Waals surface area contributed by atoms with Gasteiger partial charge in [0.25, 0.3) is 5.91 Å². The van der Waals surface area contributed by atoms with E-state index < -0.39 is 20.8 Å². The summed E-state index contributed by atoms with van der Waals surface area (Å²) >= 11 is 0. The third kappa shape index (κ3) is 4.89. The lowest BCUT2D eigenvalue weighted by Gasteiger charge is -2.31. The van der Waals surface area contributed by atoms with Crippen LogP contribution in [0.1, 0.15) is 43.0 Å². The highest BCUT2D eigenvalue weighted by Crippen LogP contribution is 2.28. The van der Waals surface area contributed by atoms with E-state index in [0.717, 1.165) is 30.0 Å². The smallest absolute Gasteiger partial charge is 0.251 e. The zero-order valence-electron chi connectivity index (χ0n) is 16.2. The first-order chi connectivity index (χ1) is 12.7. The van der Waals surface area contributed by atoms with Crippen LogP contribution < -0.4 is 10.1 Å². The number of hydrogen-bond donors (Lipinski definition) is 1. The van der Waals surface area contributed by atoms with Gasteiger partial charge in [-0.3, -0.25) is 9.00 Å². The van der Waals surface area contributed by atoms with Gasteiger partial charge in [0.2, 0.25) is 10.0 Å². The summed E-state index contributed by atoms with van der Waals surface area (Å²) in [6.07, 6.45) is 3.59. The SMILES string of the molecule is CC[S@@](=O)[C@@H]1CCCC[C@@H]1NC(=O)c1ccc(OC)c(S(=O)(=O)N(C)C)c1. The molecule has 0 unspecified atom stereocenters. The van der Waals surface area contributed by atoms with Crippen molar-refractivity contribution in [3.05, 3.63) is 23.8 Å². The molecule has 1 aromatic rings. The normalized spacial score (nSPS) is 21.7. The molecule has 0 heterocycles. The van der Waals surface area contributed by atoms with Gasteiger partial charge >= 0.3 is 0 Å². The molecule has 152 valence electrons. The van der Waals surface area contributed by atoms with Crippen LogP contribution in [0.25, 0.3) is 0 Å². The van der Waals surface area contributed by atoms with Crippen molar-refractivity contribution in [2.45, 2.75) is 48.8 Å². The predicted molar refractivity (Wildman–Crippen MR) is 106 cm³/mol. The summed E-state index contributed by atoms with van der Waals surface area (Å²) in [6.45, 7) is 1.88. The average molecular weight is 417 g/mol. The first kappa shape index (κ1) is 21.8. The molecule has 1 fully saturated rings. The van der Waals surface area contributed by atoms with Gasteiger partial charge in [0.1, 0.15) is 10.6 Å². The number of methoxy groups -OCH3 is 1. The number of nitrogens with zero attached hydrogens (tertiary/aromatic N) is 1. The van der Waals surface area contributed by atoms with Crippen molar-refractivity contribution in [2.24, 2.45) is 0 Å². The largest absolute Gasteiger partial charge is 0.495 e. The average Bonchev–Trinajstić information content (AvgIpc) is 2.67. The van der Waals surface area contributed by atoms with Gasteiger partial charge < -0.3 is 10.1 Å². The van der Waals surface area contributed by atoms with E-state index in [0.29, 0.717) is 5.75 Å². The van der Waals surface area contributed by atoms with E-state index in [1.165, 1.54) is 39.4 Å². The predicted octanol–water partition coefficient (Wildman–Crippen LogP) is 1.76. The van der Waals surface area contributed by atoms with Crippen LogP contribution >= 0.6 is 0 Å². The third-order valence-corrected chi connectivity index (χ3v) is 8.47. The van der Waals surface area contributed by atoms with Crippen LogP contribution in [0.2, 0.25) is 0 Å². The molecule has 1 amide bonds. The minimum absolute atomic E-state index is 0.0556. The van der Waals surface area contributed by atoms with Gasteiger partial charge in [-0.25, -0.2) is 12.7 Å². The molecule has 2 rings (SSSR count). The Hall–Kier alpha value is -1.45. The molecule has 9 heteroatoms. The van der Waals surface area contributed by atoms with E-state index in [2.05, 4.69) is 5.32 Å². The van der Waals surface area contributed by atoms with Crippen molar-refractivity contribution in [1.82, 2.24) is 9.62 Å². The van der Waals surface area contributed by atoms with Gasteiger partial charge in [0.15, 0.2) is 0 Å². The third-order valence-electron chi connectivity index (χ3n) is 4.83. The van der Waals surface area contributed by atoms with Gasteiger partial charge in [-0.2, -0.15) is 0 Å². The van der Waals surface area contributed by atoms with Crippen LogP contribution in [0.15, 0.2) is 23.1 Å². The molecule has 0 spiro atoms. The van der Waals surface area contributed by atoms with Crippen molar-refractivity contribution in [1.29, 1.82) is 0 Å². The summed E-state index contributed by atoms with van der Waals surface area (Å²) in [7, 11) is -0.506. The summed E-state index contributed by atoms with van der Waals surface area (Å²) in [6, 6.07) is 4.19. The Bertz CT molecular complexity index is 808. The Morgan fingerprint density at radius 2 is 1.96 bits per heavy atom. The van der Waals surface area contributed by atoms with Gasteiger partial charge in [0.05, 0.1) is 12.4 Å². The first-order valence-corrected chi connectivity index (χ1v) is 11.8. The Morgan fingerprint density at radius 3 is 2.56 bits per heavy atom. The summed E-state index contributed by atoms with van der Waals surface area (Å²) in [5, 5.41) is 2.91. The number of nitrogens with one attached hydrogen (secondary N) is 1. The van der Waals surface area contributed by atoms with Crippen LogP contribution in [0.4, 0.5) is 0 Å². The number of rotatable bonds is 7. The number of hydrogen-bond acceptors (Lipinski definition) is 5. The number of benzene rings is 1. The minimum Gasteiger partial charge on any atom is -0.495 e. The van der Waals surface area contributed by atoms with Gasteiger partial charge in [-0.15, -0.1) is 0 Å². The second-order valence-electron chi connectivity index (χ2n) is 6.73. The molecule has 3 atom stereocenters. The Kier molecular flexibility index (Phi) is 7.41. The molecule has 0 aliphatic heterocycles. The Labute approximate surface area is 164 Å². The second-order valence-corrected chi connectivity index (χ2v) is 10.8. The van der Waals surface area contributed by atoms with E-state index in [4.69, 9.17) is 4.74 Å². The van der Waals surface area contributed by atoms with Crippen LogP contribution in [0, 0.1) is 0 Å². The van der Waals surface area contributed by atoms with Crippen molar-refractivity contribution >= 4 is 26.7 Å². The molecule has 0 aromatic heterocycles. The summed E-state index contributed by atoms with van der Waals surface area (Å²) < 4.78 is 43.6. The molecule has 27 heavy (non-hydrogen) atoms. The van der Waals surface area contributed by atoms with Crippen molar-refractivity contribution < 1.29 is 22.2 Å². The molecule has 1 aliphatic carbocycles. The topological polar surface area (TPSA) is 92.8 Å². The standard InChI is InChI=1S/C18H28N2O5S2/c1-5-26(22)16-9-7-6-8-14(16)19-18(21)13-10-11-15(25-4)17(12-13)27(23,24)20(2)3/h10-12,14,16H,5-9H2,1-4H3,(H,19,21)/t14-,16+,26+/m0/s1. The number of carbonyl (C=O) groups is 1. The maximum absolute atomic E-state index is 12.8. The van der Waals surface area contributed by atoms with Gasteiger partial charge in [-0.05, 0) is 31.0 Å². The molecule has 7 nitrogen and oxygen atoms in total. The van der Waals surface area contributed by atoms with Gasteiger partial charge in [0, 0.05) is 42.3 Å².